The van der Waals surface area contributed by atoms with Gasteiger partial charge < -0.3 is 10.4 Å². The smallest absolute Gasteiger partial charge is 0.123 e. The molecule has 1 aromatic carbocycles. The van der Waals surface area contributed by atoms with Crippen LogP contribution in [0.2, 0.25) is 0 Å². The predicted octanol–water partition coefficient (Wildman–Crippen LogP) is 2.48. The molecule has 2 heterocycles. The summed E-state index contributed by atoms with van der Waals surface area (Å²) in [5, 5.41) is 18.0. The maximum atomic E-state index is 10.1. The number of phenols is 1. The van der Waals surface area contributed by atoms with E-state index in [1.54, 1.807) is 6.07 Å². The van der Waals surface area contributed by atoms with Crippen LogP contribution < -0.4 is 5.32 Å². The van der Waals surface area contributed by atoms with E-state index in [0.29, 0.717) is 11.8 Å². The summed E-state index contributed by atoms with van der Waals surface area (Å²) in [5.41, 5.74) is 3.09. The second-order valence-corrected chi connectivity index (χ2v) is 5.50. The average Bonchev–Trinajstić information content (AvgIpc) is 2.82. The van der Waals surface area contributed by atoms with Crippen LogP contribution in [-0.2, 0) is 13.5 Å². The van der Waals surface area contributed by atoms with Gasteiger partial charge in [-0.15, -0.1) is 0 Å². The number of aromatic nitrogens is 2. The van der Waals surface area contributed by atoms with Gasteiger partial charge in [0.25, 0.3) is 0 Å². The number of aromatic hydroxyl groups is 1. The molecule has 2 aromatic rings. The molecule has 1 saturated heterocycles. The Kier molecular flexibility index (Phi) is 3.74. The third-order valence-electron chi connectivity index (χ3n) is 4.11. The molecule has 4 nitrogen and oxygen atoms in total. The molecule has 0 amide bonds. The average molecular weight is 271 g/mol. The molecule has 2 N–H and O–H groups in total. The van der Waals surface area contributed by atoms with E-state index in [2.05, 4.69) is 10.4 Å². The highest BCUT2D eigenvalue weighted by atomic mass is 16.3. The van der Waals surface area contributed by atoms with Crippen molar-refractivity contribution in [1.82, 2.24) is 15.1 Å². The van der Waals surface area contributed by atoms with E-state index >= 15 is 0 Å². The van der Waals surface area contributed by atoms with Crippen LogP contribution in [0.15, 0.2) is 30.5 Å². The zero-order valence-electron chi connectivity index (χ0n) is 11.8. The van der Waals surface area contributed by atoms with Crippen LogP contribution in [0.5, 0.6) is 5.75 Å². The molecule has 3 rings (SSSR count). The lowest BCUT2D eigenvalue weighted by atomic mass is 9.96. The summed E-state index contributed by atoms with van der Waals surface area (Å²) in [6, 6.07) is 7.99. The van der Waals surface area contributed by atoms with Gasteiger partial charge >= 0.3 is 0 Å². The molecule has 4 heteroatoms. The minimum absolute atomic E-state index is 0.318. The van der Waals surface area contributed by atoms with Gasteiger partial charge in [0.15, 0.2) is 0 Å². The number of para-hydroxylation sites is 1. The highest BCUT2D eigenvalue weighted by Crippen LogP contribution is 2.32. The van der Waals surface area contributed by atoms with Crippen molar-refractivity contribution in [1.29, 1.82) is 0 Å². The van der Waals surface area contributed by atoms with Gasteiger partial charge in [0.1, 0.15) is 5.75 Å². The van der Waals surface area contributed by atoms with Crippen LogP contribution in [-0.4, -0.2) is 27.5 Å². The Morgan fingerprint density at radius 2 is 2.15 bits per heavy atom. The molecule has 0 spiro atoms. The van der Waals surface area contributed by atoms with Crippen LogP contribution >= 0.6 is 0 Å². The molecule has 106 valence electrons. The quantitative estimate of drug-likeness (QED) is 0.901. The number of nitrogens with one attached hydrogen (secondary N) is 1. The first-order valence-electron chi connectivity index (χ1n) is 7.28. The van der Waals surface area contributed by atoms with Crippen molar-refractivity contribution in [2.45, 2.75) is 31.7 Å². The molecule has 1 fully saturated rings. The van der Waals surface area contributed by atoms with E-state index in [0.717, 1.165) is 24.1 Å². The molecule has 1 atom stereocenters. The normalized spacial score (nSPS) is 19.1. The molecule has 1 aliphatic heterocycles. The van der Waals surface area contributed by atoms with E-state index < -0.39 is 0 Å². The van der Waals surface area contributed by atoms with Crippen molar-refractivity contribution < 1.29 is 5.11 Å². The number of hydrogen-bond donors (Lipinski definition) is 2. The fraction of sp³-hybridized carbons (Fsp3) is 0.438. The van der Waals surface area contributed by atoms with Crippen LogP contribution in [0, 0.1) is 0 Å². The number of aryl methyl sites for hydroxylation is 1. The van der Waals surface area contributed by atoms with E-state index in [-0.39, 0.29) is 0 Å². The van der Waals surface area contributed by atoms with Crippen molar-refractivity contribution in [2.75, 3.05) is 6.54 Å². The third kappa shape index (κ3) is 2.56. The van der Waals surface area contributed by atoms with Gasteiger partial charge in [0, 0.05) is 36.3 Å². The number of benzene rings is 1. The van der Waals surface area contributed by atoms with Crippen LogP contribution in [0.25, 0.3) is 11.1 Å². The van der Waals surface area contributed by atoms with Gasteiger partial charge in [-0.1, -0.05) is 24.6 Å². The zero-order valence-corrected chi connectivity index (χ0v) is 11.8. The summed E-state index contributed by atoms with van der Waals surface area (Å²) in [7, 11) is 1.97. The van der Waals surface area contributed by atoms with Crippen LogP contribution in [0.4, 0.5) is 0 Å². The van der Waals surface area contributed by atoms with Gasteiger partial charge in [-0.2, -0.15) is 5.10 Å². The lowest BCUT2D eigenvalue weighted by Gasteiger charge is -2.24. The standard InChI is InChI=1S/C16H21N3O/c1-19-15(10-12-6-4-5-9-17-12)14(11-18-19)13-7-2-3-8-16(13)20/h2-3,7-8,11-12,17,20H,4-6,9-10H2,1H3. The van der Waals surface area contributed by atoms with E-state index in [9.17, 15) is 5.11 Å². The maximum Gasteiger partial charge on any atom is 0.123 e. The van der Waals surface area contributed by atoms with Crippen molar-refractivity contribution in [3.8, 4) is 16.9 Å². The molecule has 0 saturated carbocycles. The molecular formula is C16H21N3O. The molecule has 20 heavy (non-hydrogen) atoms. The molecule has 0 bridgehead atoms. The van der Waals surface area contributed by atoms with Gasteiger partial charge in [0.05, 0.1) is 6.20 Å². The lowest BCUT2D eigenvalue weighted by Crippen LogP contribution is -2.36. The Morgan fingerprint density at radius 3 is 2.90 bits per heavy atom. The fourth-order valence-corrected chi connectivity index (χ4v) is 2.96. The summed E-state index contributed by atoms with van der Waals surface area (Å²) in [6.07, 6.45) is 6.59. The van der Waals surface area contributed by atoms with Crippen molar-refractivity contribution in [3.63, 3.8) is 0 Å². The molecule has 0 aliphatic carbocycles. The first-order chi connectivity index (χ1) is 9.75. The highest BCUT2D eigenvalue weighted by Gasteiger charge is 2.19. The molecule has 0 radical (unpaired) electrons. The maximum absolute atomic E-state index is 10.1. The van der Waals surface area contributed by atoms with Crippen molar-refractivity contribution >= 4 is 0 Å². The SMILES string of the molecule is Cn1ncc(-c2ccccc2O)c1CC1CCCCN1. The van der Waals surface area contributed by atoms with Gasteiger partial charge in [0.2, 0.25) is 0 Å². The minimum Gasteiger partial charge on any atom is -0.507 e. The summed E-state index contributed by atoms with van der Waals surface area (Å²) in [6.45, 7) is 1.11. The van der Waals surface area contributed by atoms with Crippen molar-refractivity contribution in [3.05, 3.63) is 36.2 Å². The number of hydrogen-bond acceptors (Lipinski definition) is 3. The Morgan fingerprint density at radius 1 is 1.30 bits per heavy atom. The van der Waals surface area contributed by atoms with Gasteiger partial charge in [-0.25, -0.2) is 0 Å². The molecule has 1 aliphatic rings. The first-order valence-corrected chi connectivity index (χ1v) is 7.28. The first kappa shape index (κ1) is 13.2. The van der Waals surface area contributed by atoms with E-state index in [1.165, 1.54) is 25.0 Å². The van der Waals surface area contributed by atoms with E-state index in [1.807, 2.05) is 36.1 Å². The summed E-state index contributed by atoms with van der Waals surface area (Å²) in [5.74, 6) is 0.318. The van der Waals surface area contributed by atoms with Crippen molar-refractivity contribution in [2.24, 2.45) is 7.05 Å². The zero-order chi connectivity index (χ0) is 13.9. The molecule has 1 unspecified atom stereocenters. The summed E-state index contributed by atoms with van der Waals surface area (Å²) < 4.78 is 1.93. The van der Waals surface area contributed by atoms with Gasteiger partial charge in [-0.05, 0) is 25.5 Å². The van der Waals surface area contributed by atoms with Crippen LogP contribution in [0.3, 0.4) is 0 Å². The number of phenolic OH excluding ortho intramolecular Hbond substituents is 1. The lowest BCUT2D eigenvalue weighted by molar-refractivity contribution is 0.393. The second kappa shape index (κ2) is 5.67. The minimum atomic E-state index is 0.318. The number of rotatable bonds is 3. The second-order valence-electron chi connectivity index (χ2n) is 5.50. The molecule has 1 aromatic heterocycles. The largest absolute Gasteiger partial charge is 0.507 e. The Labute approximate surface area is 119 Å². The number of piperidine rings is 1. The third-order valence-corrected chi connectivity index (χ3v) is 4.11. The Bertz CT molecular complexity index is 585. The topological polar surface area (TPSA) is 50.1 Å². The summed E-state index contributed by atoms with van der Waals surface area (Å²) >= 11 is 0. The predicted molar refractivity (Wildman–Crippen MR) is 79.7 cm³/mol. The Balaban J connectivity index is 1.91. The Hall–Kier alpha value is -1.81. The highest BCUT2D eigenvalue weighted by molar-refractivity contribution is 5.71. The van der Waals surface area contributed by atoms with Crippen LogP contribution in [0.1, 0.15) is 25.0 Å². The number of nitrogens with zero attached hydrogens (tertiary/aromatic N) is 2. The summed E-state index contributed by atoms with van der Waals surface area (Å²) in [4.78, 5) is 0. The monoisotopic (exact) mass is 271 g/mol. The van der Waals surface area contributed by atoms with E-state index in [4.69, 9.17) is 0 Å². The fourth-order valence-electron chi connectivity index (χ4n) is 2.96. The van der Waals surface area contributed by atoms with Gasteiger partial charge in [-0.3, -0.25) is 4.68 Å². The molecular weight excluding hydrogens is 250 g/mol.